The summed E-state index contributed by atoms with van der Waals surface area (Å²) in [6.07, 6.45) is 8.61. The summed E-state index contributed by atoms with van der Waals surface area (Å²) < 4.78 is 5.91. The van der Waals surface area contributed by atoms with E-state index >= 15 is 0 Å². The van der Waals surface area contributed by atoms with Gasteiger partial charge >= 0.3 is 0 Å². The number of rotatable bonds is 5. The molecule has 1 saturated carbocycles. The van der Waals surface area contributed by atoms with E-state index in [4.69, 9.17) is 4.42 Å². The van der Waals surface area contributed by atoms with E-state index in [9.17, 15) is 0 Å². The van der Waals surface area contributed by atoms with Crippen LogP contribution in [-0.4, -0.2) is 15.2 Å². The monoisotopic (exact) mass is 271 g/mol. The summed E-state index contributed by atoms with van der Waals surface area (Å²) >= 11 is 0. The second-order valence-corrected chi connectivity index (χ2v) is 5.75. The Morgan fingerprint density at radius 3 is 2.60 bits per heavy atom. The van der Waals surface area contributed by atoms with Crippen LogP contribution in [0.15, 0.2) is 28.9 Å². The number of aromatic nitrogens is 3. The average molecular weight is 271 g/mol. The van der Waals surface area contributed by atoms with E-state index in [1.54, 1.807) is 12.4 Å². The Morgan fingerprint density at radius 1 is 1.25 bits per heavy atom. The van der Waals surface area contributed by atoms with Gasteiger partial charge in [-0.3, -0.25) is 4.98 Å². The van der Waals surface area contributed by atoms with E-state index in [1.165, 1.54) is 19.3 Å². The highest BCUT2D eigenvalue weighted by molar-refractivity contribution is 5.50. The van der Waals surface area contributed by atoms with Gasteiger partial charge in [0.15, 0.2) is 0 Å². The number of nitrogens with zero attached hydrogens (tertiary/aromatic N) is 3. The standard InChI is InChI=1S/C16H21N3O/c1-3-14(11(2)12-5-4-6-12)16-19-18-15(20-16)13-7-9-17-10-8-13/h7-12,14H,3-6H2,1-2H3/t11-,14?/m1/s1. The van der Waals surface area contributed by atoms with Crippen LogP contribution in [0, 0.1) is 11.8 Å². The van der Waals surface area contributed by atoms with Crippen LogP contribution in [0.2, 0.25) is 0 Å². The molecule has 0 bridgehead atoms. The van der Waals surface area contributed by atoms with Gasteiger partial charge in [0.05, 0.1) is 0 Å². The lowest BCUT2D eigenvalue weighted by Gasteiger charge is -2.34. The maximum Gasteiger partial charge on any atom is 0.247 e. The number of hydrogen-bond donors (Lipinski definition) is 0. The van der Waals surface area contributed by atoms with Gasteiger partial charge in [-0.15, -0.1) is 10.2 Å². The Bertz CT molecular complexity index is 548. The van der Waals surface area contributed by atoms with Gasteiger partial charge in [0, 0.05) is 23.9 Å². The van der Waals surface area contributed by atoms with Crippen LogP contribution < -0.4 is 0 Å². The minimum Gasteiger partial charge on any atom is -0.420 e. The largest absolute Gasteiger partial charge is 0.420 e. The van der Waals surface area contributed by atoms with Crippen molar-refractivity contribution in [2.75, 3.05) is 0 Å². The summed E-state index contributed by atoms with van der Waals surface area (Å²) in [5, 5.41) is 8.48. The van der Waals surface area contributed by atoms with Crippen LogP contribution in [0.3, 0.4) is 0 Å². The van der Waals surface area contributed by atoms with Gasteiger partial charge in [-0.2, -0.15) is 0 Å². The molecule has 4 heteroatoms. The molecule has 2 aromatic heterocycles. The molecule has 1 fully saturated rings. The molecule has 3 rings (SSSR count). The van der Waals surface area contributed by atoms with Gasteiger partial charge in [0.1, 0.15) is 0 Å². The van der Waals surface area contributed by atoms with Crippen molar-refractivity contribution in [2.45, 2.75) is 45.4 Å². The molecule has 0 aliphatic heterocycles. The van der Waals surface area contributed by atoms with Crippen molar-refractivity contribution in [3.63, 3.8) is 0 Å². The quantitative estimate of drug-likeness (QED) is 0.822. The Morgan fingerprint density at radius 2 is 2.00 bits per heavy atom. The molecule has 0 spiro atoms. The van der Waals surface area contributed by atoms with E-state index in [2.05, 4.69) is 29.0 Å². The number of pyridine rings is 1. The summed E-state index contributed by atoms with van der Waals surface area (Å²) in [4.78, 5) is 4.01. The fourth-order valence-corrected chi connectivity index (χ4v) is 3.06. The van der Waals surface area contributed by atoms with Crippen molar-refractivity contribution in [3.8, 4) is 11.5 Å². The molecular weight excluding hydrogens is 250 g/mol. The molecule has 106 valence electrons. The normalized spacial score (nSPS) is 18.5. The zero-order valence-electron chi connectivity index (χ0n) is 12.1. The van der Waals surface area contributed by atoms with E-state index in [1.807, 2.05) is 12.1 Å². The second-order valence-electron chi connectivity index (χ2n) is 5.75. The Labute approximate surface area is 119 Å². The Hall–Kier alpha value is -1.71. The Kier molecular flexibility index (Phi) is 3.81. The maximum atomic E-state index is 5.91. The molecule has 20 heavy (non-hydrogen) atoms. The molecule has 0 aromatic carbocycles. The molecule has 2 atom stereocenters. The summed E-state index contributed by atoms with van der Waals surface area (Å²) in [5.74, 6) is 3.22. The van der Waals surface area contributed by atoms with Crippen LogP contribution >= 0.6 is 0 Å². The first-order valence-electron chi connectivity index (χ1n) is 7.53. The highest BCUT2D eigenvalue weighted by atomic mass is 16.4. The van der Waals surface area contributed by atoms with Crippen LogP contribution in [0.4, 0.5) is 0 Å². The molecule has 1 aliphatic rings. The highest BCUT2D eigenvalue weighted by Gasteiger charge is 2.32. The Balaban J connectivity index is 1.80. The van der Waals surface area contributed by atoms with Gasteiger partial charge in [0.25, 0.3) is 0 Å². The maximum absolute atomic E-state index is 5.91. The SMILES string of the molecule is CCC(c1nnc(-c2ccncc2)o1)[C@H](C)C1CCC1. The lowest BCUT2D eigenvalue weighted by atomic mass is 9.71. The molecule has 1 unspecified atom stereocenters. The van der Waals surface area contributed by atoms with Crippen molar-refractivity contribution >= 4 is 0 Å². The molecule has 0 radical (unpaired) electrons. The first-order valence-corrected chi connectivity index (χ1v) is 7.53. The van der Waals surface area contributed by atoms with E-state index in [0.29, 0.717) is 17.7 Å². The fraction of sp³-hybridized carbons (Fsp3) is 0.562. The summed E-state index contributed by atoms with van der Waals surface area (Å²) in [5.41, 5.74) is 0.935. The van der Waals surface area contributed by atoms with Gasteiger partial charge in [-0.25, -0.2) is 0 Å². The predicted octanol–water partition coefficient (Wildman–Crippen LogP) is 4.06. The van der Waals surface area contributed by atoms with Crippen LogP contribution in [0.5, 0.6) is 0 Å². The molecule has 1 aliphatic carbocycles. The van der Waals surface area contributed by atoms with Crippen molar-refractivity contribution in [1.82, 2.24) is 15.2 Å². The molecule has 0 saturated heterocycles. The molecule has 0 amide bonds. The van der Waals surface area contributed by atoms with Crippen molar-refractivity contribution in [2.24, 2.45) is 11.8 Å². The third-order valence-electron chi connectivity index (χ3n) is 4.65. The van der Waals surface area contributed by atoms with Gasteiger partial charge in [-0.05, 0) is 30.4 Å². The lowest BCUT2D eigenvalue weighted by Crippen LogP contribution is -2.25. The van der Waals surface area contributed by atoms with Crippen molar-refractivity contribution in [1.29, 1.82) is 0 Å². The van der Waals surface area contributed by atoms with E-state index in [0.717, 1.165) is 23.8 Å². The smallest absolute Gasteiger partial charge is 0.247 e. The first kappa shape index (κ1) is 13.3. The van der Waals surface area contributed by atoms with Crippen molar-refractivity contribution < 1.29 is 4.42 Å². The molecule has 4 nitrogen and oxygen atoms in total. The zero-order valence-corrected chi connectivity index (χ0v) is 12.1. The average Bonchev–Trinajstić information content (AvgIpc) is 2.88. The van der Waals surface area contributed by atoms with Crippen LogP contribution in [-0.2, 0) is 0 Å². The molecule has 0 N–H and O–H groups in total. The fourth-order valence-electron chi connectivity index (χ4n) is 3.06. The minimum absolute atomic E-state index is 0.378. The topological polar surface area (TPSA) is 51.8 Å². The summed E-state index contributed by atoms with van der Waals surface area (Å²) in [6.45, 7) is 4.53. The molecule has 2 heterocycles. The first-order chi connectivity index (χ1) is 9.79. The highest BCUT2D eigenvalue weighted by Crippen LogP contribution is 2.42. The van der Waals surface area contributed by atoms with Gasteiger partial charge < -0.3 is 4.42 Å². The van der Waals surface area contributed by atoms with E-state index < -0.39 is 0 Å². The van der Waals surface area contributed by atoms with Crippen LogP contribution in [0.1, 0.15) is 51.3 Å². The molecular formula is C16H21N3O. The predicted molar refractivity (Wildman–Crippen MR) is 77.1 cm³/mol. The lowest BCUT2D eigenvalue weighted by molar-refractivity contribution is 0.175. The minimum atomic E-state index is 0.378. The van der Waals surface area contributed by atoms with Gasteiger partial charge in [0.2, 0.25) is 11.8 Å². The van der Waals surface area contributed by atoms with Crippen LogP contribution in [0.25, 0.3) is 11.5 Å². The summed E-state index contributed by atoms with van der Waals surface area (Å²) in [7, 11) is 0. The third kappa shape index (κ3) is 2.47. The third-order valence-corrected chi connectivity index (χ3v) is 4.65. The van der Waals surface area contributed by atoms with Crippen molar-refractivity contribution in [3.05, 3.63) is 30.4 Å². The van der Waals surface area contributed by atoms with Gasteiger partial charge in [-0.1, -0.05) is 33.1 Å². The molecule has 2 aromatic rings. The second kappa shape index (κ2) is 5.73. The van der Waals surface area contributed by atoms with E-state index in [-0.39, 0.29) is 0 Å². The summed E-state index contributed by atoms with van der Waals surface area (Å²) in [6, 6.07) is 3.79. The number of hydrogen-bond acceptors (Lipinski definition) is 4. The zero-order chi connectivity index (χ0) is 13.9.